The average Bonchev–Trinajstić information content (AvgIpc) is 3.36. The Hall–Kier alpha value is -6.90. The molecule has 0 radical (unpaired) electrons. The van der Waals surface area contributed by atoms with E-state index in [1.807, 2.05) is 0 Å². The van der Waals surface area contributed by atoms with Gasteiger partial charge >= 0.3 is 0 Å². The Morgan fingerprint density at radius 1 is 0.419 bits per heavy atom. The minimum Gasteiger partial charge on any atom is -0.334 e. The number of allylic oxidation sites excluding steroid dienone is 16. The fourth-order valence-corrected chi connectivity index (χ4v) is 9.65. The Morgan fingerprint density at radius 2 is 1.02 bits per heavy atom. The molecule has 5 aliphatic carbocycles. The van der Waals surface area contributed by atoms with Crippen molar-refractivity contribution in [3.63, 3.8) is 0 Å². The lowest BCUT2D eigenvalue weighted by molar-refractivity contribution is 0.705. The SMILES string of the molecule is C1=CCCC(C2C=CC(N(C3=CCC(c4ccc(N(c5ccc(-c6ccccc6)cc5)C5C=CC(c6ccccc6)=CC5)cc4)C=C3)c3ccc(C4C=CC=CC4)cc3)=CC2)=C1. The van der Waals surface area contributed by atoms with Crippen molar-refractivity contribution in [3.05, 3.63) is 264 Å². The molecule has 62 heavy (non-hydrogen) atoms. The van der Waals surface area contributed by atoms with E-state index in [2.05, 4.69) is 240 Å². The molecule has 304 valence electrons. The first-order chi connectivity index (χ1) is 30.7. The van der Waals surface area contributed by atoms with Gasteiger partial charge in [0, 0.05) is 46.2 Å². The molecule has 0 saturated heterocycles. The van der Waals surface area contributed by atoms with E-state index in [0.717, 1.165) is 38.5 Å². The average molecular weight is 803 g/mol. The molecule has 5 aromatic carbocycles. The third-order valence-electron chi connectivity index (χ3n) is 13.1. The van der Waals surface area contributed by atoms with Crippen molar-refractivity contribution in [2.75, 3.05) is 9.80 Å². The van der Waals surface area contributed by atoms with Crippen LogP contribution in [0.25, 0.3) is 16.7 Å². The Bertz CT molecular complexity index is 2660. The van der Waals surface area contributed by atoms with Crippen LogP contribution in [-0.2, 0) is 0 Å². The Morgan fingerprint density at radius 3 is 1.58 bits per heavy atom. The van der Waals surface area contributed by atoms with Crippen LogP contribution in [0.1, 0.15) is 67.1 Å². The van der Waals surface area contributed by atoms with E-state index in [0.29, 0.717) is 17.8 Å². The summed E-state index contributed by atoms with van der Waals surface area (Å²) in [5.74, 6) is 1.22. The van der Waals surface area contributed by atoms with Gasteiger partial charge in [0.1, 0.15) is 0 Å². The summed E-state index contributed by atoms with van der Waals surface area (Å²) in [4.78, 5) is 4.97. The second kappa shape index (κ2) is 18.4. The fourth-order valence-electron chi connectivity index (χ4n) is 9.65. The van der Waals surface area contributed by atoms with Gasteiger partial charge in [-0.3, -0.25) is 0 Å². The molecule has 0 spiro atoms. The standard InChI is InChI=1S/C60H54N2/c1-5-13-45(14-6-1)49-21-33-55(34-22-49)61(56-35-23-50(24-36-56)46-15-7-2-8-16-46)59-41-29-53(30-42-59)54-31-43-60(44-32-54)62(57-37-25-51(26-38-57)47-17-9-3-10-18-47)58-39-27-52(28-40-58)48-19-11-4-12-20-48/h1-11,13-17,19,21-27,29-31,33-35,37-44,47,52,54,56H,12,18,20,28,32,36H2. The Balaban J connectivity index is 0.895. The normalized spacial score (nSPS) is 21.5. The van der Waals surface area contributed by atoms with Crippen molar-refractivity contribution in [3.8, 4) is 11.1 Å². The molecular weight excluding hydrogens is 749 g/mol. The van der Waals surface area contributed by atoms with E-state index in [4.69, 9.17) is 0 Å². The molecule has 5 aliphatic rings. The molecule has 0 aromatic heterocycles. The second-order valence-corrected chi connectivity index (χ2v) is 17.0. The van der Waals surface area contributed by atoms with Gasteiger partial charge in [-0.1, -0.05) is 188 Å². The van der Waals surface area contributed by atoms with Gasteiger partial charge in [0.2, 0.25) is 0 Å². The smallest absolute Gasteiger partial charge is 0.0560 e. The summed E-state index contributed by atoms with van der Waals surface area (Å²) >= 11 is 0. The van der Waals surface area contributed by atoms with Gasteiger partial charge in [-0.05, 0) is 120 Å². The summed E-state index contributed by atoms with van der Waals surface area (Å²) in [5.41, 5.74) is 15.3. The zero-order chi connectivity index (χ0) is 41.5. The summed E-state index contributed by atoms with van der Waals surface area (Å²) in [6.45, 7) is 0. The van der Waals surface area contributed by atoms with E-state index in [9.17, 15) is 0 Å². The van der Waals surface area contributed by atoms with Crippen molar-refractivity contribution >= 4 is 22.6 Å². The van der Waals surface area contributed by atoms with E-state index >= 15 is 0 Å². The number of benzene rings is 5. The Labute approximate surface area is 368 Å². The topological polar surface area (TPSA) is 6.48 Å². The molecule has 0 fully saturated rings. The molecule has 2 heteroatoms. The highest BCUT2D eigenvalue weighted by Crippen LogP contribution is 2.39. The highest BCUT2D eigenvalue weighted by molar-refractivity contribution is 5.77. The van der Waals surface area contributed by atoms with E-state index < -0.39 is 0 Å². The van der Waals surface area contributed by atoms with E-state index in [-0.39, 0.29) is 6.04 Å². The van der Waals surface area contributed by atoms with Gasteiger partial charge in [0.25, 0.3) is 0 Å². The van der Waals surface area contributed by atoms with Crippen LogP contribution in [0.5, 0.6) is 0 Å². The van der Waals surface area contributed by atoms with E-state index in [1.54, 1.807) is 5.57 Å². The molecule has 4 unspecified atom stereocenters. The van der Waals surface area contributed by atoms with Crippen LogP contribution in [0, 0.1) is 5.92 Å². The van der Waals surface area contributed by atoms with Crippen LogP contribution in [0.4, 0.5) is 17.1 Å². The molecule has 2 nitrogen and oxygen atoms in total. The summed E-state index contributed by atoms with van der Waals surface area (Å²) in [7, 11) is 0. The van der Waals surface area contributed by atoms with Crippen molar-refractivity contribution in [2.24, 2.45) is 5.92 Å². The minimum absolute atomic E-state index is 0.196. The highest BCUT2D eigenvalue weighted by atomic mass is 15.2. The first kappa shape index (κ1) is 39.2. The van der Waals surface area contributed by atoms with Crippen molar-refractivity contribution in [2.45, 2.75) is 56.4 Å². The maximum atomic E-state index is 2.50. The number of anilines is 3. The molecule has 0 amide bonds. The molecule has 0 N–H and O–H groups in total. The molecule has 0 aliphatic heterocycles. The summed E-state index contributed by atoms with van der Waals surface area (Å²) in [5, 5.41) is 0. The van der Waals surface area contributed by atoms with Crippen LogP contribution in [-0.4, -0.2) is 6.04 Å². The predicted octanol–water partition coefficient (Wildman–Crippen LogP) is 15.7. The molecule has 10 rings (SSSR count). The summed E-state index contributed by atoms with van der Waals surface area (Å²) in [6, 6.07) is 49.3. The number of nitrogens with zero attached hydrogens (tertiary/aromatic N) is 2. The first-order valence-corrected chi connectivity index (χ1v) is 22.6. The number of hydrogen-bond acceptors (Lipinski definition) is 2. The fraction of sp³-hybridized carbons (Fsp3) is 0.167. The van der Waals surface area contributed by atoms with Crippen LogP contribution in [0.3, 0.4) is 0 Å². The van der Waals surface area contributed by atoms with Gasteiger partial charge in [0.05, 0.1) is 6.04 Å². The summed E-state index contributed by atoms with van der Waals surface area (Å²) < 4.78 is 0. The maximum absolute atomic E-state index is 2.50. The monoisotopic (exact) mass is 802 g/mol. The third-order valence-corrected chi connectivity index (χ3v) is 13.1. The van der Waals surface area contributed by atoms with Gasteiger partial charge in [-0.15, -0.1) is 0 Å². The molecule has 0 heterocycles. The zero-order valence-electron chi connectivity index (χ0n) is 35.4. The van der Waals surface area contributed by atoms with Crippen LogP contribution < -0.4 is 9.80 Å². The molecule has 5 aromatic rings. The van der Waals surface area contributed by atoms with Gasteiger partial charge in [-0.2, -0.15) is 0 Å². The van der Waals surface area contributed by atoms with Gasteiger partial charge in [0.15, 0.2) is 0 Å². The first-order valence-electron chi connectivity index (χ1n) is 22.6. The summed E-state index contributed by atoms with van der Waals surface area (Å²) in [6.07, 6.45) is 43.5. The minimum atomic E-state index is 0.196. The van der Waals surface area contributed by atoms with Crippen molar-refractivity contribution < 1.29 is 0 Å². The van der Waals surface area contributed by atoms with Crippen molar-refractivity contribution in [1.82, 2.24) is 0 Å². The quantitative estimate of drug-likeness (QED) is 0.131. The lowest BCUT2D eigenvalue weighted by atomic mass is 9.86. The third kappa shape index (κ3) is 8.65. The molecular formula is C60H54N2. The largest absolute Gasteiger partial charge is 0.334 e. The maximum Gasteiger partial charge on any atom is 0.0560 e. The molecule has 0 bridgehead atoms. The van der Waals surface area contributed by atoms with E-state index in [1.165, 1.54) is 61.8 Å². The number of hydrogen-bond donors (Lipinski definition) is 0. The second-order valence-electron chi connectivity index (χ2n) is 17.0. The van der Waals surface area contributed by atoms with Gasteiger partial charge in [-0.25, -0.2) is 0 Å². The molecule has 4 atom stereocenters. The van der Waals surface area contributed by atoms with Crippen LogP contribution >= 0.6 is 0 Å². The molecule has 0 saturated carbocycles. The Kier molecular flexibility index (Phi) is 11.6. The van der Waals surface area contributed by atoms with Crippen LogP contribution in [0.2, 0.25) is 0 Å². The lowest BCUT2D eigenvalue weighted by Crippen LogP contribution is -2.30. The van der Waals surface area contributed by atoms with Crippen LogP contribution in [0.15, 0.2) is 248 Å². The van der Waals surface area contributed by atoms with Crippen molar-refractivity contribution in [1.29, 1.82) is 0 Å². The lowest BCUT2D eigenvalue weighted by Gasteiger charge is -2.34. The predicted molar refractivity (Wildman–Crippen MR) is 263 cm³/mol. The highest BCUT2D eigenvalue weighted by Gasteiger charge is 2.24. The van der Waals surface area contributed by atoms with Gasteiger partial charge < -0.3 is 9.80 Å². The zero-order valence-corrected chi connectivity index (χ0v) is 35.4. The number of rotatable bonds is 11.